The average molecular weight is 564 g/mol. The molecule has 1 N–H and O–H groups in total. The Morgan fingerprint density at radius 3 is 2.25 bits per heavy atom. The lowest BCUT2D eigenvalue weighted by Gasteiger charge is -2.32. The number of nitrogens with one attached hydrogen (secondary N) is 1. The monoisotopic (exact) mass is 562 g/mol. The molecule has 0 bridgehead atoms. The fourth-order valence-corrected chi connectivity index (χ4v) is 4.82. The highest BCUT2D eigenvalue weighted by Gasteiger charge is 2.31. The maximum atomic E-state index is 13.7. The first-order chi connectivity index (χ1) is 17.3. The second kappa shape index (κ2) is 13.9. The predicted octanol–water partition coefficient (Wildman–Crippen LogP) is 7.29. The molecule has 2 atom stereocenters. The van der Waals surface area contributed by atoms with Crippen LogP contribution in [-0.2, 0) is 22.6 Å². The van der Waals surface area contributed by atoms with E-state index in [1.807, 2.05) is 62.4 Å². The van der Waals surface area contributed by atoms with Gasteiger partial charge in [0.25, 0.3) is 0 Å². The summed E-state index contributed by atoms with van der Waals surface area (Å²) in [4.78, 5) is 29.8. The third-order valence-electron chi connectivity index (χ3n) is 5.79. The number of rotatable bonds is 11. The minimum atomic E-state index is -0.700. The first-order valence-corrected chi connectivity index (χ1v) is 13.8. The molecule has 0 spiro atoms. The van der Waals surface area contributed by atoms with E-state index in [-0.39, 0.29) is 30.2 Å². The first-order valence-electron chi connectivity index (χ1n) is 11.7. The molecule has 3 rings (SSSR count). The van der Waals surface area contributed by atoms with E-state index in [4.69, 9.17) is 34.8 Å². The molecule has 190 valence electrons. The lowest BCUT2D eigenvalue weighted by atomic mass is 10.0. The van der Waals surface area contributed by atoms with E-state index < -0.39 is 6.04 Å². The van der Waals surface area contributed by atoms with Gasteiger partial charge >= 0.3 is 0 Å². The largest absolute Gasteiger partial charge is 0.352 e. The van der Waals surface area contributed by atoms with Crippen molar-refractivity contribution in [3.63, 3.8) is 0 Å². The zero-order valence-electron chi connectivity index (χ0n) is 20.2. The molecule has 0 aromatic heterocycles. The van der Waals surface area contributed by atoms with Crippen molar-refractivity contribution in [2.24, 2.45) is 0 Å². The molecule has 0 heterocycles. The normalized spacial score (nSPS) is 12.6. The molecule has 4 nitrogen and oxygen atoms in total. The van der Waals surface area contributed by atoms with Crippen LogP contribution in [0.2, 0.25) is 15.1 Å². The van der Waals surface area contributed by atoms with Crippen LogP contribution in [0.4, 0.5) is 0 Å². The third-order valence-corrected chi connectivity index (χ3v) is 7.77. The van der Waals surface area contributed by atoms with Crippen molar-refractivity contribution in [2.75, 3.05) is 5.75 Å². The van der Waals surface area contributed by atoms with Crippen molar-refractivity contribution in [1.82, 2.24) is 10.2 Å². The van der Waals surface area contributed by atoms with Crippen LogP contribution in [-0.4, -0.2) is 34.6 Å². The van der Waals surface area contributed by atoms with Crippen molar-refractivity contribution >= 4 is 58.4 Å². The Kier molecular flexibility index (Phi) is 11.0. The summed E-state index contributed by atoms with van der Waals surface area (Å²) in [5.41, 5.74) is 1.77. The van der Waals surface area contributed by atoms with Gasteiger partial charge in [-0.3, -0.25) is 9.59 Å². The van der Waals surface area contributed by atoms with Gasteiger partial charge in [-0.2, -0.15) is 0 Å². The second-order valence-corrected chi connectivity index (χ2v) is 10.8. The number of amides is 2. The molecule has 0 aliphatic carbocycles. The van der Waals surface area contributed by atoms with Crippen molar-refractivity contribution in [3.8, 4) is 0 Å². The molecule has 8 heteroatoms. The van der Waals surface area contributed by atoms with Crippen LogP contribution in [0.1, 0.15) is 31.4 Å². The van der Waals surface area contributed by atoms with E-state index in [0.29, 0.717) is 21.5 Å². The number of hydrogen-bond donors (Lipinski definition) is 1. The van der Waals surface area contributed by atoms with E-state index >= 15 is 0 Å². The van der Waals surface area contributed by atoms with Gasteiger partial charge in [0.05, 0.1) is 15.8 Å². The smallest absolute Gasteiger partial charge is 0.243 e. The van der Waals surface area contributed by atoms with E-state index in [0.717, 1.165) is 22.4 Å². The molecule has 0 unspecified atom stereocenters. The molecular formula is C28H29Cl3N2O2S. The van der Waals surface area contributed by atoms with Gasteiger partial charge in [0.15, 0.2) is 0 Å². The van der Waals surface area contributed by atoms with Gasteiger partial charge in [0.2, 0.25) is 11.8 Å². The van der Waals surface area contributed by atoms with E-state index in [2.05, 4.69) is 5.32 Å². The topological polar surface area (TPSA) is 49.4 Å². The van der Waals surface area contributed by atoms with Crippen molar-refractivity contribution < 1.29 is 9.59 Å². The molecule has 3 aromatic rings. The quantitative estimate of drug-likeness (QED) is 0.249. The van der Waals surface area contributed by atoms with Crippen LogP contribution < -0.4 is 5.32 Å². The maximum absolute atomic E-state index is 13.7. The van der Waals surface area contributed by atoms with Crippen molar-refractivity contribution in [1.29, 1.82) is 0 Å². The van der Waals surface area contributed by atoms with E-state index in [9.17, 15) is 9.59 Å². The van der Waals surface area contributed by atoms with E-state index in [1.165, 1.54) is 11.8 Å². The molecule has 3 aromatic carbocycles. The van der Waals surface area contributed by atoms with Gasteiger partial charge in [-0.05, 0) is 60.9 Å². The lowest BCUT2D eigenvalue weighted by molar-refractivity contribution is -0.139. The summed E-state index contributed by atoms with van der Waals surface area (Å²) in [7, 11) is 0. The summed E-state index contributed by atoms with van der Waals surface area (Å²) in [5, 5.41) is 4.55. The average Bonchev–Trinajstić information content (AvgIpc) is 2.88. The summed E-state index contributed by atoms with van der Waals surface area (Å²) in [6, 6.07) is 21.6. The third kappa shape index (κ3) is 8.45. The van der Waals surface area contributed by atoms with Crippen LogP contribution in [0.3, 0.4) is 0 Å². The highest BCUT2D eigenvalue weighted by atomic mass is 35.5. The zero-order chi connectivity index (χ0) is 26.1. The number of thioether (sulfide) groups is 1. The Bertz CT molecular complexity index is 1160. The van der Waals surface area contributed by atoms with Crippen LogP contribution >= 0.6 is 46.6 Å². The number of benzene rings is 3. The van der Waals surface area contributed by atoms with Gasteiger partial charge in [0, 0.05) is 28.9 Å². The molecule has 0 aliphatic heterocycles. The molecular weight excluding hydrogens is 535 g/mol. The SMILES string of the molecule is CC[C@@H](C)NC(=O)[C@@H](Cc1ccccc1)N(Cc1ccc(Cl)c(Cl)c1)C(=O)CSc1ccc(Cl)cc1. The summed E-state index contributed by atoms with van der Waals surface area (Å²) in [6.45, 7) is 4.19. The van der Waals surface area contributed by atoms with Crippen molar-refractivity contribution in [3.05, 3.63) is 99.0 Å². The van der Waals surface area contributed by atoms with Crippen LogP contribution in [0.15, 0.2) is 77.7 Å². The Morgan fingerprint density at radius 2 is 1.61 bits per heavy atom. The minimum absolute atomic E-state index is 0.0128. The summed E-state index contributed by atoms with van der Waals surface area (Å²) in [6.07, 6.45) is 1.18. The number of carbonyl (C=O) groups excluding carboxylic acids is 2. The van der Waals surface area contributed by atoms with Gasteiger partial charge in [-0.1, -0.05) is 78.1 Å². The van der Waals surface area contributed by atoms with Gasteiger partial charge < -0.3 is 10.2 Å². The second-order valence-electron chi connectivity index (χ2n) is 8.54. The van der Waals surface area contributed by atoms with E-state index in [1.54, 1.807) is 29.2 Å². The summed E-state index contributed by atoms with van der Waals surface area (Å²) in [5.74, 6) is -0.162. The highest BCUT2D eigenvalue weighted by molar-refractivity contribution is 8.00. The first kappa shape index (κ1) is 28.4. The van der Waals surface area contributed by atoms with Gasteiger partial charge in [-0.25, -0.2) is 0 Å². The maximum Gasteiger partial charge on any atom is 0.243 e. The van der Waals surface area contributed by atoms with Gasteiger partial charge in [0.1, 0.15) is 6.04 Å². The summed E-state index contributed by atoms with van der Waals surface area (Å²) >= 11 is 19.8. The molecule has 0 saturated heterocycles. The number of halogens is 3. The Morgan fingerprint density at radius 1 is 0.917 bits per heavy atom. The molecule has 0 aliphatic rings. The number of nitrogens with zero attached hydrogens (tertiary/aromatic N) is 1. The Hall–Kier alpha value is -2.18. The standard InChI is InChI=1S/C28H29Cl3N2O2S/c1-3-19(2)32-28(35)26(16-20-7-5-4-6-8-20)33(17-21-9-14-24(30)25(31)15-21)27(34)18-36-23-12-10-22(29)11-13-23/h4-15,19,26H,3,16-18H2,1-2H3,(H,32,35)/t19-,26-/m1/s1. The molecule has 0 radical (unpaired) electrons. The fraction of sp³-hybridized carbons (Fsp3) is 0.286. The predicted molar refractivity (Wildman–Crippen MR) is 151 cm³/mol. The zero-order valence-corrected chi connectivity index (χ0v) is 23.3. The van der Waals surface area contributed by atoms with Crippen molar-refractivity contribution in [2.45, 2.75) is 50.2 Å². The Balaban J connectivity index is 1.92. The van der Waals surface area contributed by atoms with Crippen LogP contribution in [0.25, 0.3) is 0 Å². The minimum Gasteiger partial charge on any atom is -0.352 e. The van der Waals surface area contributed by atoms with Gasteiger partial charge in [-0.15, -0.1) is 11.8 Å². The molecule has 0 fully saturated rings. The summed E-state index contributed by atoms with van der Waals surface area (Å²) < 4.78 is 0. The number of carbonyl (C=O) groups is 2. The highest BCUT2D eigenvalue weighted by Crippen LogP contribution is 2.26. The molecule has 36 heavy (non-hydrogen) atoms. The molecule has 2 amide bonds. The molecule has 0 saturated carbocycles. The van der Waals surface area contributed by atoms with Crippen LogP contribution in [0, 0.1) is 0 Å². The van der Waals surface area contributed by atoms with Crippen LogP contribution in [0.5, 0.6) is 0 Å². The fourth-order valence-electron chi connectivity index (χ4n) is 3.59. The lowest BCUT2D eigenvalue weighted by Crippen LogP contribution is -2.52. The Labute approximate surface area is 232 Å². The number of hydrogen-bond acceptors (Lipinski definition) is 3.